The number of ether oxygens (including phenoxy) is 1. The number of carboxylic acid groups (broad SMARTS) is 1. The van der Waals surface area contributed by atoms with E-state index in [0.29, 0.717) is 12.3 Å². The van der Waals surface area contributed by atoms with E-state index in [-0.39, 0.29) is 6.54 Å². The van der Waals surface area contributed by atoms with Gasteiger partial charge >= 0.3 is 5.97 Å². The van der Waals surface area contributed by atoms with Crippen LogP contribution in [0.2, 0.25) is 0 Å². The highest BCUT2D eigenvalue weighted by Crippen LogP contribution is 2.22. The highest BCUT2D eigenvalue weighted by Gasteiger charge is 2.20. The largest absolute Gasteiger partial charge is 0.497 e. The first-order chi connectivity index (χ1) is 9.10. The Balaban J connectivity index is 2.67. The van der Waals surface area contributed by atoms with Crippen LogP contribution in [0.5, 0.6) is 5.75 Å². The zero-order chi connectivity index (χ0) is 14.3. The topological polar surface area (TPSA) is 72.5 Å². The molecule has 0 spiro atoms. The number of nitrogens with two attached hydrogens (primary N) is 1. The van der Waals surface area contributed by atoms with Crippen LogP contribution in [-0.2, 0) is 11.2 Å². The summed E-state index contributed by atoms with van der Waals surface area (Å²) in [7, 11) is 1.64. The van der Waals surface area contributed by atoms with E-state index in [9.17, 15) is 4.79 Å². The lowest BCUT2D eigenvalue weighted by Crippen LogP contribution is -2.26. The SMILES string of the molecule is CCC(Cc1cccc(OC)c1)CC(CN)C(=O)O. The van der Waals surface area contributed by atoms with E-state index in [2.05, 4.69) is 6.92 Å². The van der Waals surface area contributed by atoms with Gasteiger partial charge in [-0.25, -0.2) is 0 Å². The van der Waals surface area contributed by atoms with Gasteiger partial charge in [0.1, 0.15) is 5.75 Å². The lowest BCUT2D eigenvalue weighted by Gasteiger charge is -2.19. The summed E-state index contributed by atoms with van der Waals surface area (Å²) in [5, 5.41) is 9.07. The Morgan fingerprint density at radius 3 is 2.74 bits per heavy atom. The second-order valence-electron chi connectivity index (χ2n) is 4.84. The molecule has 2 unspecified atom stereocenters. The van der Waals surface area contributed by atoms with Crippen LogP contribution >= 0.6 is 0 Å². The van der Waals surface area contributed by atoms with E-state index in [0.717, 1.165) is 18.6 Å². The molecule has 0 bridgehead atoms. The summed E-state index contributed by atoms with van der Waals surface area (Å²) in [6.45, 7) is 2.28. The Morgan fingerprint density at radius 2 is 2.21 bits per heavy atom. The van der Waals surface area contributed by atoms with Gasteiger partial charge in [0.25, 0.3) is 0 Å². The first-order valence-corrected chi connectivity index (χ1v) is 6.66. The maximum atomic E-state index is 11.0. The van der Waals surface area contributed by atoms with Crippen LogP contribution in [0.4, 0.5) is 0 Å². The summed E-state index contributed by atoms with van der Waals surface area (Å²) in [5.41, 5.74) is 6.69. The molecule has 0 heterocycles. The average Bonchev–Trinajstić information content (AvgIpc) is 2.43. The summed E-state index contributed by atoms with van der Waals surface area (Å²) in [4.78, 5) is 11.0. The fraction of sp³-hybridized carbons (Fsp3) is 0.533. The monoisotopic (exact) mass is 265 g/mol. The van der Waals surface area contributed by atoms with E-state index in [1.165, 1.54) is 5.56 Å². The van der Waals surface area contributed by atoms with E-state index in [1.54, 1.807) is 7.11 Å². The van der Waals surface area contributed by atoms with Crippen LogP contribution < -0.4 is 10.5 Å². The van der Waals surface area contributed by atoms with Crippen LogP contribution in [0.1, 0.15) is 25.3 Å². The molecule has 4 nitrogen and oxygen atoms in total. The summed E-state index contributed by atoms with van der Waals surface area (Å²) >= 11 is 0. The van der Waals surface area contributed by atoms with Gasteiger partial charge in [-0.3, -0.25) is 4.79 Å². The maximum absolute atomic E-state index is 11.0. The third kappa shape index (κ3) is 4.91. The number of carbonyl (C=O) groups is 1. The second-order valence-corrected chi connectivity index (χ2v) is 4.84. The fourth-order valence-corrected chi connectivity index (χ4v) is 2.23. The highest BCUT2D eigenvalue weighted by molar-refractivity contribution is 5.70. The molecule has 1 aromatic carbocycles. The van der Waals surface area contributed by atoms with Crippen LogP contribution in [-0.4, -0.2) is 24.7 Å². The number of hydrogen-bond acceptors (Lipinski definition) is 3. The smallest absolute Gasteiger partial charge is 0.307 e. The van der Waals surface area contributed by atoms with Crippen molar-refractivity contribution in [3.05, 3.63) is 29.8 Å². The molecular formula is C15H23NO3. The molecular weight excluding hydrogens is 242 g/mol. The van der Waals surface area contributed by atoms with Crippen molar-refractivity contribution in [2.75, 3.05) is 13.7 Å². The molecule has 1 aromatic rings. The normalized spacial score (nSPS) is 13.8. The first kappa shape index (κ1) is 15.5. The van der Waals surface area contributed by atoms with Crippen molar-refractivity contribution in [3.8, 4) is 5.75 Å². The zero-order valence-corrected chi connectivity index (χ0v) is 11.6. The summed E-state index contributed by atoms with van der Waals surface area (Å²) in [5.74, 6) is -0.0835. The van der Waals surface area contributed by atoms with Gasteiger partial charge in [-0.05, 0) is 36.5 Å². The average molecular weight is 265 g/mol. The summed E-state index contributed by atoms with van der Waals surface area (Å²) < 4.78 is 5.20. The molecule has 0 aliphatic rings. The van der Waals surface area contributed by atoms with E-state index in [1.807, 2.05) is 24.3 Å². The van der Waals surface area contributed by atoms with Gasteiger partial charge < -0.3 is 15.6 Å². The van der Waals surface area contributed by atoms with Crippen molar-refractivity contribution in [2.24, 2.45) is 17.6 Å². The number of aliphatic carboxylic acids is 1. The van der Waals surface area contributed by atoms with Gasteiger partial charge in [0.15, 0.2) is 0 Å². The van der Waals surface area contributed by atoms with E-state index >= 15 is 0 Å². The molecule has 4 heteroatoms. The molecule has 0 aliphatic heterocycles. The van der Waals surface area contributed by atoms with Crippen molar-refractivity contribution in [1.29, 1.82) is 0 Å². The third-order valence-corrected chi connectivity index (χ3v) is 3.49. The number of carboxylic acids is 1. The third-order valence-electron chi connectivity index (χ3n) is 3.49. The van der Waals surface area contributed by atoms with E-state index < -0.39 is 11.9 Å². The Kier molecular flexibility index (Phi) is 6.36. The van der Waals surface area contributed by atoms with Gasteiger partial charge in [-0.15, -0.1) is 0 Å². The maximum Gasteiger partial charge on any atom is 0.307 e. The lowest BCUT2D eigenvalue weighted by atomic mass is 9.87. The highest BCUT2D eigenvalue weighted by atomic mass is 16.5. The molecule has 1 rings (SSSR count). The quantitative estimate of drug-likeness (QED) is 0.756. The van der Waals surface area contributed by atoms with Crippen molar-refractivity contribution in [2.45, 2.75) is 26.2 Å². The standard InChI is InChI=1S/C15H23NO3/c1-3-11(8-13(10-16)15(17)18)7-12-5-4-6-14(9-12)19-2/h4-6,9,11,13H,3,7-8,10,16H2,1-2H3,(H,17,18). The predicted octanol–water partition coefficient (Wildman–Crippen LogP) is 2.31. The minimum atomic E-state index is -0.799. The number of benzene rings is 1. The van der Waals surface area contributed by atoms with Crippen LogP contribution in [0.15, 0.2) is 24.3 Å². The molecule has 0 aliphatic carbocycles. The van der Waals surface area contributed by atoms with Gasteiger partial charge in [0.05, 0.1) is 13.0 Å². The molecule has 0 amide bonds. The van der Waals surface area contributed by atoms with Gasteiger partial charge in [0.2, 0.25) is 0 Å². The predicted molar refractivity (Wildman–Crippen MR) is 75.3 cm³/mol. The fourth-order valence-electron chi connectivity index (χ4n) is 2.23. The molecule has 0 saturated heterocycles. The van der Waals surface area contributed by atoms with Gasteiger partial charge in [0, 0.05) is 6.54 Å². The Bertz CT molecular complexity index is 406. The Labute approximate surface area is 114 Å². The van der Waals surface area contributed by atoms with E-state index in [4.69, 9.17) is 15.6 Å². The molecule has 0 saturated carbocycles. The summed E-state index contributed by atoms with van der Waals surface area (Å²) in [6.07, 6.45) is 2.43. The number of rotatable bonds is 8. The second kappa shape index (κ2) is 7.79. The van der Waals surface area contributed by atoms with Crippen molar-refractivity contribution in [3.63, 3.8) is 0 Å². The van der Waals surface area contributed by atoms with Crippen molar-refractivity contribution in [1.82, 2.24) is 0 Å². The lowest BCUT2D eigenvalue weighted by molar-refractivity contribution is -0.142. The number of methoxy groups -OCH3 is 1. The van der Waals surface area contributed by atoms with Crippen molar-refractivity contribution < 1.29 is 14.6 Å². The minimum Gasteiger partial charge on any atom is -0.497 e. The summed E-state index contributed by atoms with van der Waals surface area (Å²) in [6, 6.07) is 7.91. The van der Waals surface area contributed by atoms with Crippen LogP contribution in [0, 0.1) is 11.8 Å². The van der Waals surface area contributed by atoms with Crippen LogP contribution in [0.3, 0.4) is 0 Å². The van der Waals surface area contributed by atoms with Crippen LogP contribution in [0.25, 0.3) is 0 Å². The van der Waals surface area contributed by atoms with Crippen molar-refractivity contribution >= 4 is 5.97 Å². The number of hydrogen-bond donors (Lipinski definition) is 2. The Hall–Kier alpha value is -1.55. The zero-order valence-electron chi connectivity index (χ0n) is 11.6. The first-order valence-electron chi connectivity index (χ1n) is 6.66. The molecule has 106 valence electrons. The Morgan fingerprint density at radius 1 is 1.47 bits per heavy atom. The van der Waals surface area contributed by atoms with Gasteiger partial charge in [-0.2, -0.15) is 0 Å². The molecule has 0 fully saturated rings. The molecule has 19 heavy (non-hydrogen) atoms. The molecule has 3 N–H and O–H groups in total. The van der Waals surface area contributed by atoms with Gasteiger partial charge in [-0.1, -0.05) is 25.5 Å². The molecule has 0 aromatic heterocycles. The minimum absolute atomic E-state index is 0.198. The molecule has 0 radical (unpaired) electrons. The molecule has 2 atom stereocenters.